The van der Waals surface area contributed by atoms with Gasteiger partial charge in [0.1, 0.15) is 0 Å². The molecule has 0 spiro atoms. The molecule has 0 unspecified atom stereocenters. The Bertz CT molecular complexity index is 850. The van der Waals surface area contributed by atoms with E-state index in [-0.39, 0.29) is 11.9 Å². The number of aryl methyl sites for hydroxylation is 1. The van der Waals surface area contributed by atoms with Crippen molar-refractivity contribution in [2.24, 2.45) is 0 Å². The lowest BCUT2D eigenvalue weighted by molar-refractivity contribution is -0.120. The second-order valence-electron chi connectivity index (χ2n) is 6.32. The summed E-state index contributed by atoms with van der Waals surface area (Å²) in [5, 5.41) is 12.8. The number of hydrogen-bond acceptors (Lipinski definition) is 3. The summed E-state index contributed by atoms with van der Waals surface area (Å²) in [4.78, 5) is 12.2. The summed E-state index contributed by atoms with van der Waals surface area (Å²) in [6.45, 7) is 5.79. The van der Waals surface area contributed by atoms with Crippen LogP contribution in [0, 0.1) is 6.92 Å². The first kappa shape index (κ1) is 17.2. The van der Waals surface area contributed by atoms with Crippen molar-refractivity contribution in [3.63, 3.8) is 0 Å². The summed E-state index contributed by atoms with van der Waals surface area (Å²) in [6.07, 6.45) is 3.82. The van der Waals surface area contributed by atoms with E-state index in [2.05, 4.69) is 40.0 Å². The molecule has 5 heteroatoms. The number of aromatic nitrogens is 2. The first-order valence-corrected chi connectivity index (χ1v) is 8.60. The van der Waals surface area contributed by atoms with Crippen LogP contribution in [0.5, 0.6) is 0 Å². The number of rotatable bonds is 7. The molecule has 0 saturated heterocycles. The van der Waals surface area contributed by atoms with Crippen LogP contribution in [0.15, 0.2) is 54.9 Å². The molecule has 0 aliphatic heterocycles. The van der Waals surface area contributed by atoms with Crippen molar-refractivity contribution in [1.29, 1.82) is 0 Å². The first-order valence-electron chi connectivity index (χ1n) is 8.60. The van der Waals surface area contributed by atoms with E-state index in [0.717, 1.165) is 17.7 Å². The lowest BCUT2D eigenvalue weighted by Crippen LogP contribution is -2.36. The quantitative estimate of drug-likeness (QED) is 0.652. The van der Waals surface area contributed by atoms with Gasteiger partial charge in [-0.15, -0.1) is 0 Å². The van der Waals surface area contributed by atoms with E-state index >= 15 is 0 Å². The molecule has 2 N–H and O–H groups in total. The van der Waals surface area contributed by atoms with E-state index in [4.69, 9.17) is 0 Å². The third-order valence-electron chi connectivity index (χ3n) is 4.23. The van der Waals surface area contributed by atoms with Crippen molar-refractivity contribution in [2.45, 2.75) is 26.4 Å². The fourth-order valence-corrected chi connectivity index (χ4v) is 2.98. The Morgan fingerprint density at radius 3 is 2.80 bits per heavy atom. The van der Waals surface area contributed by atoms with Crippen LogP contribution in [0.2, 0.25) is 0 Å². The number of carbonyl (C=O) groups is 1. The van der Waals surface area contributed by atoms with Gasteiger partial charge >= 0.3 is 0 Å². The first-order chi connectivity index (χ1) is 12.1. The highest BCUT2D eigenvalue weighted by Gasteiger charge is 2.11. The summed E-state index contributed by atoms with van der Waals surface area (Å²) in [5.74, 6) is -0.00270. The molecular formula is C20H24N4O. The average molecular weight is 336 g/mol. The molecule has 0 fully saturated rings. The molecule has 0 radical (unpaired) electrons. The van der Waals surface area contributed by atoms with E-state index in [1.807, 2.05) is 49.1 Å². The Kier molecular flexibility index (Phi) is 5.46. The lowest BCUT2D eigenvalue weighted by atomic mass is 10.00. The second-order valence-corrected chi connectivity index (χ2v) is 6.32. The SMILES string of the molecule is Cc1cnn(CCNCC(=O)N[C@H](C)c2cccc3ccccc23)c1. The van der Waals surface area contributed by atoms with Gasteiger partial charge in [-0.05, 0) is 35.7 Å². The normalized spacial score (nSPS) is 12.2. The van der Waals surface area contributed by atoms with Crippen molar-refractivity contribution in [1.82, 2.24) is 20.4 Å². The van der Waals surface area contributed by atoms with Gasteiger partial charge < -0.3 is 10.6 Å². The molecule has 1 atom stereocenters. The highest BCUT2D eigenvalue weighted by Crippen LogP contribution is 2.23. The second kappa shape index (κ2) is 7.94. The predicted molar refractivity (Wildman–Crippen MR) is 100 cm³/mol. The highest BCUT2D eigenvalue weighted by molar-refractivity contribution is 5.87. The summed E-state index contributed by atoms with van der Waals surface area (Å²) in [7, 11) is 0. The zero-order chi connectivity index (χ0) is 17.6. The third-order valence-corrected chi connectivity index (χ3v) is 4.23. The maximum Gasteiger partial charge on any atom is 0.234 e. The molecule has 3 aromatic rings. The predicted octanol–water partition coefficient (Wildman–Crippen LogP) is 2.81. The Morgan fingerprint density at radius 1 is 1.20 bits per heavy atom. The van der Waals surface area contributed by atoms with Crippen molar-refractivity contribution < 1.29 is 4.79 Å². The van der Waals surface area contributed by atoms with Crippen LogP contribution in [-0.2, 0) is 11.3 Å². The van der Waals surface area contributed by atoms with Crippen LogP contribution in [0.1, 0.15) is 24.1 Å². The molecule has 0 saturated carbocycles. The van der Waals surface area contributed by atoms with Gasteiger partial charge in [0.15, 0.2) is 0 Å². The van der Waals surface area contributed by atoms with Gasteiger partial charge in [0.2, 0.25) is 5.91 Å². The fraction of sp³-hybridized carbons (Fsp3) is 0.300. The standard InChI is InChI=1S/C20H24N4O/c1-15-12-22-24(14-15)11-10-21-13-20(25)23-16(2)18-9-5-7-17-6-3-4-8-19(17)18/h3-9,12,14,16,21H,10-11,13H2,1-2H3,(H,23,25)/t16-/m1/s1. The molecule has 1 amide bonds. The minimum absolute atomic E-state index is 0.00270. The van der Waals surface area contributed by atoms with Crippen LogP contribution in [-0.4, -0.2) is 28.8 Å². The number of fused-ring (bicyclic) bond motifs is 1. The Balaban J connectivity index is 1.50. The van der Waals surface area contributed by atoms with E-state index in [1.54, 1.807) is 0 Å². The Labute approximate surface area is 148 Å². The van der Waals surface area contributed by atoms with Crippen LogP contribution in [0.4, 0.5) is 0 Å². The monoisotopic (exact) mass is 336 g/mol. The maximum absolute atomic E-state index is 12.2. The molecule has 3 rings (SSSR count). The lowest BCUT2D eigenvalue weighted by Gasteiger charge is -2.17. The van der Waals surface area contributed by atoms with Gasteiger partial charge in [-0.25, -0.2) is 0 Å². The van der Waals surface area contributed by atoms with Gasteiger partial charge in [0, 0.05) is 12.7 Å². The van der Waals surface area contributed by atoms with Crippen molar-refractivity contribution in [3.8, 4) is 0 Å². The minimum atomic E-state index is -0.0332. The highest BCUT2D eigenvalue weighted by atomic mass is 16.1. The van der Waals surface area contributed by atoms with Crippen LogP contribution >= 0.6 is 0 Å². The van der Waals surface area contributed by atoms with E-state index in [0.29, 0.717) is 13.1 Å². The van der Waals surface area contributed by atoms with Gasteiger partial charge in [0.05, 0.1) is 25.3 Å². The molecular weight excluding hydrogens is 312 g/mol. The van der Waals surface area contributed by atoms with E-state index < -0.39 is 0 Å². The third kappa shape index (κ3) is 4.45. The zero-order valence-electron chi connectivity index (χ0n) is 14.7. The molecule has 0 aliphatic rings. The van der Waals surface area contributed by atoms with Crippen molar-refractivity contribution >= 4 is 16.7 Å². The topological polar surface area (TPSA) is 59.0 Å². The van der Waals surface area contributed by atoms with Gasteiger partial charge in [-0.2, -0.15) is 5.10 Å². The van der Waals surface area contributed by atoms with Crippen molar-refractivity contribution in [2.75, 3.05) is 13.1 Å². The van der Waals surface area contributed by atoms with Gasteiger partial charge in [-0.1, -0.05) is 42.5 Å². The van der Waals surface area contributed by atoms with Crippen LogP contribution in [0.3, 0.4) is 0 Å². The molecule has 130 valence electrons. The summed E-state index contributed by atoms with van der Waals surface area (Å²) >= 11 is 0. The smallest absolute Gasteiger partial charge is 0.234 e. The van der Waals surface area contributed by atoms with E-state index in [9.17, 15) is 4.79 Å². The molecule has 1 heterocycles. The fourth-order valence-electron chi connectivity index (χ4n) is 2.98. The maximum atomic E-state index is 12.2. The Morgan fingerprint density at radius 2 is 2.00 bits per heavy atom. The molecule has 0 aliphatic carbocycles. The van der Waals surface area contributed by atoms with Gasteiger partial charge in [-0.3, -0.25) is 9.48 Å². The number of benzene rings is 2. The number of carbonyl (C=O) groups excluding carboxylic acids is 1. The molecule has 2 aromatic carbocycles. The number of hydrogen-bond donors (Lipinski definition) is 2. The summed E-state index contributed by atoms with van der Waals surface area (Å²) in [6, 6.07) is 14.4. The number of amides is 1. The summed E-state index contributed by atoms with van der Waals surface area (Å²) < 4.78 is 1.87. The molecule has 0 bridgehead atoms. The van der Waals surface area contributed by atoms with Gasteiger partial charge in [0.25, 0.3) is 0 Å². The largest absolute Gasteiger partial charge is 0.348 e. The van der Waals surface area contributed by atoms with Crippen LogP contribution < -0.4 is 10.6 Å². The molecule has 25 heavy (non-hydrogen) atoms. The minimum Gasteiger partial charge on any atom is -0.348 e. The summed E-state index contributed by atoms with van der Waals surface area (Å²) in [5.41, 5.74) is 2.28. The zero-order valence-corrected chi connectivity index (χ0v) is 14.7. The van der Waals surface area contributed by atoms with Crippen LogP contribution in [0.25, 0.3) is 10.8 Å². The molecule has 1 aromatic heterocycles. The Hall–Kier alpha value is -2.66. The molecule has 5 nitrogen and oxygen atoms in total. The number of nitrogens with zero attached hydrogens (tertiary/aromatic N) is 2. The number of nitrogens with one attached hydrogen (secondary N) is 2. The average Bonchev–Trinajstić information content (AvgIpc) is 3.03. The van der Waals surface area contributed by atoms with Crippen molar-refractivity contribution in [3.05, 3.63) is 66.0 Å². The van der Waals surface area contributed by atoms with E-state index in [1.165, 1.54) is 10.8 Å².